The summed E-state index contributed by atoms with van der Waals surface area (Å²) in [5.74, 6) is -1.17. The summed E-state index contributed by atoms with van der Waals surface area (Å²) < 4.78 is 38.0. The highest BCUT2D eigenvalue weighted by atomic mass is 32.1. The van der Waals surface area contributed by atoms with E-state index < -0.39 is 30.1 Å². The van der Waals surface area contributed by atoms with Crippen molar-refractivity contribution >= 4 is 22.4 Å². The van der Waals surface area contributed by atoms with Crippen LogP contribution in [0.2, 0.25) is 0 Å². The Kier molecular flexibility index (Phi) is 4.92. The summed E-state index contributed by atoms with van der Waals surface area (Å²) >= 11 is 0.787. The zero-order chi connectivity index (χ0) is 16.6. The Morgan fingerprint density at radius 1 is 1.33 bits per heavy atom. The topological polar surface area (TPSA) is 53.4 Å². The average Bonchev–Trinajstić information content (AvgIpc) is 2.68. The molecule has 1 aromatic rings. The van der Waals surface area contributed by atoms with Gasteiger partial charge in [-0.2, -0.15) is 13.2 Å². The van der Waals surface area contributed by atoms with E-state index in [1.807, 2.05) is 0 Å². The summed E-state index contributed by atoms with van der Waals surface area (Å²) in [5.41, 5.74) is -0.244. The van der Waals surface area contributed by atoms with E-state index in [-0.39, 0.29) is 10.0 Å². The number of aromatic carboxylic acids is 1. The van der Waals surface area contributed by atoms with Gasteiger partial charge in [0.05, 0.1) is 5.69 Å². The number of carboxylic acids is 1. The quantitative estimate of drug-likeness (QED) is 0.912. The predicted molar refractivity (Wildman–Crippen MR) is 76.3 cm³/mol. The monoisotopic (exact) mass is 324 g/mol. The maximum Gasteiger partial charge on any atom is 0.406 e. The summed E-state index contributed by atoms with van der Waals surface area (Å²) in [5, 5.41) is 9.31. The minimum atomic E-state index is -4.37. The standard InChI is InChI=1S/C13H19F3N2O2S/c1-7(2)18(6-13(14,15)16)11-17-9(12(3,4)5)8(21-11)10(19)20/h7H,6H2,1-5H3,(H,19,20). The van der Waals surface area contributed by atoms with Gasteiger partial charge in [-0.1, -0.05) is 32.1 Å². The van der Waals surface area contributed by atoms with E-state index in [1.165, 1.54) is 0 Å². The van der Waals surface area contributed by atoms with E-state index in [9.17, 15) is 23.1 Å². The van der Waals surface area contributed by atoms with Crippen LogP contribution in [0.3, 0.4) is 0 Å². The first-order chi connectivity index (χ1) is 9.33. The molecule has 4 nitrogen and oxygen atoms in total. The van der Waals surface area contributed by atoms with E-state index >= 15 is 0 Å². The van der Waals surface area contributed by atoms with Crippen LogP contribution in [0.4, 0.5) is 18.3 Å². The number of hydrogen-bond acceptors (Lipinski definition) is 4. The van der Waals surface area contributed by atoms with Gasteiger partial charge in [-0.25, -0.2) is 9.78 Å². The zero-order valence-electron chi connectivity index (χ0n) is 12.6. The van der Waals surface area contributed by atoms with Gasteiger partial charge in [0.1, 0.15) is 11.4 Å². The molecule has 1 N–H and O–H groups in total. The van der Waals surface area contributed by atoms with Crippen molar-refractivity contribution < 1.29 is 23.1 Å². The Morgan fingerprint density at radius 3 is 2.14 bits per heavy atom. The van der Waals surface area contributed by atoms with Gasteiger partial charge in [0, 0.05) is 11.5 Å². The number of carbonyl (C=O) groups is 1. The lowest BCUT2D eigenvalue weighted by molar-refractivity contribution is -0.120. The van der Waals surface area contributed by atoms with Crippen LogP contribution in [0.25, 0.3) is 0 Å². The Labute approximate surface area is 125 Å². The Hall–Kier alpha value is -1.31. The van der Waals surface area contributed by atoms with Crippen LogP contribution < -0.4 is 4.90 Å². The van der Waals surface area contributed by atoms with Gasteiger partial charge in [-0.15, -0.1) is 0 Å². The van der Waals surface area contributed by atoms with Crippen LogP contribution >= 0.6 is 11.3 Å². The number of aromatic nitrogens is 1. The van der Waals surface area contributed by atoms with Crippen molar-refractivity contribution in [2.24, 2.45) is 0 Å². The molecule has 1 aromatic heterocycles. The third-order valence-corrected chi connectivity index (χ3v) is 3.82. The van der Waals surface area contributed by atoms with Gasteiger partial charge in [-0.3, -0.25) is 0 Å². The maximum atomic E-state index is 12.7. The zero-order valence-corrected chi connectivity index (χ0v) is 13.4. The van der Waals surface area contributed by atoms with Gasteiger partial charge < -0.3 is 10.0 Å². The minimum Gasteiger partial charge on any atom is -0.477 e. The molecule has 1 heterocycles. The van der Waals surface area contributed by atoms with Crippen LogP contribution in [0, 0.1) is 0 Å². The highest BCUT2D eigenvalue weighted by molar-refractivity contribution is 7.17. The summed E-state index contributed by atoms with van der Waals surface area (Å²) in [7, 11) is 0. The molecule has 0 spiro atoms. The first kappa shape index (κ1) is 17.7. The molecular formula is C13H19F3N2O2S. The summed E-state index contributed by atoms with van der Waals surface area (Å²) in [4.78, 5) is 16.5. The van der Waals surface area contributed by atoms with Crippen LogP contribution in [0.5, 0.6) is 0 Å². The number of rotatable bonds is 4. The number of carboxylic acid groups (broad SMARTS) is 1. The number of thiazole rings is 1. The van der Waals surface area contributed by atoms with E-state index in [0.29, 0.717) is 5.69 Å². The van der Waals surface area contributed by atoms with Crippen molar-refractivity contribution in [2.75, 3.05) is 11.4 Å². The average molecular weight is 324 g/mol. The van der Waals surface area contributed by atoms with Gasteiger partial charge >= 0.3 is 12.1 Å². The molecule has 0 aliphatic heterocycles. The lowest BCUT2D eigenvalue weighted by Crippen LogP contribution is -2.39. The van der Waals surface area contributed by atoms with Crippen molar-refractivity contribution in [2.45, 2.75) is 52.3 Å². The highest BCUT2D eigenvalue weighted by Gasteiger charge is 2.35. The molecule has 120 valence electrons. The second-order valence-corrected chi connectivity index (χ2v) is 7.04. The van der Waals surface area contributed by atoms with E-state index in [0.717, 1.165) is 16.2 Å². The van der Waals surface area contributed by atoms with Gasteiger partial charge in [0.25, 0.3) is 0 Å². The van der Waals surface area contributed by atoms with Crippen molar-refractivity contribution in [3.05, 3.63) is 10.6 Å². The van der Waals surface area contributed by atoms with Gasteiger partial charge in [0.15, 0.2) is 5.13 Å². The SMILES string of the molecule is CC(C)N(CC(F)(F)F)c1nc(C(C)(C)C)c(C(=O)O)s1. The molecule has 0 aromatic carbocycles. The van der Waals surface area contributed by atoms with Gasteiger partial charge in [0.2, 0.25) is 0 Å². The number of hydrogen-bond donors (Lipinski definition) is 1. The van der Waals surface area contributed by atoms with Crippen LogP contribution in [0.15, 0.2) is 0 Å². The molecule has 0 saturated carbocycles. The van der Waals surface area contributed by atoms with Crippen LogP contribution in [-0.4, -0.2) is 34.8 Å². The normalized spacial score (nSPS) is 12.8. The largest absolute Gasteiger partial charge is 0.477 e. The van der Waals surface area contributed by atoms with Crippen molar-refractivity contribution in [1.82, 2.24) is 4.98 Å². The van der Waals surface area contributed by atoms with E-state index in [2.05, 4.69) is 4.98 Å². The second-order valence-electron chi connectivity index (χ2n) is 6.07. The number of nitrogens with zero attached hydrogens (tertiary/aromatic N) is 2. The first-order valence-electron chi connectivity index (χ1n) is 6.41. The third kappa shape index (κ3) is 4.59. The first-order valence-corrected chi connectivity index (χ1v) is 7.22. The molecule has 0 fully saturated rings. The Bertz CT molecular complexity index is 518. The Balaban J connectivity index is 3.31. The summed E-state index contributed by atoms with van der Waals surface area (Å²) in [6.07, 6.45) is -4.37. The fraction of sp³-hybridized carbons (Fsp3) is 0.692. The van der Waals surface area contributed by atoms with Crippen molar-refractivity contribution in [3.63, 3.8) is 0 Å². The molecule has 1 rings (SSSR count). The van der Waals surface area contributed by atoms with E-state index in [1.54, 1.807) is 34.6 Å². The molecule has 0 amide bonds. The molecule has 0 atom stereocenters. The highest BCUT2D eigenvalue weighted by Crippen LogP contribution is 2.35. The Morgan fingerprint density at radius 2 is 1.86 bits per heavy atom. The summed E-state index contributed by atoms with van der Waals surface area (Å²) in [6, 6.07) is -0.438. The molecule has 0 bridgehead atoms. The fourth-order valence-corrected chi connectivity index (χ4v) is 3.00. The van der Waals surface area contributed by atoms with Gasteiger partial charge in [-0.05, 0) is 13.8 Å². The predicted octanol–water partition coefficient (Wildman–Crippen LogP) is 3.92. The molecular weight excluding hydrogens is 305 g/mol. The second kappa shape index (κ2) is 5.82. The van der Waals surface area contributed by atoms with Crippen LogP contribution in [-0.2, 0) is 5.41 Å². The van der Waals surface area contributed by atoms with Crippen molar-refractivity contribution in [1.29, 1.82) is 0 Å². The molecule has 0 saturated heterocycles. The molecule has 21 heavy (non-hydrogen) atoms. The number of halogens is 3. The third-order valence-electron chi connectivity index (χ3n) is 2.74. The minimum absolute atomic E-state index is 0.00896. The maximum absolute atomic E-state index is 12.7. The number of alkyl halides is 3. The molecule has 8 heteroatoms. The molecule has 0 radical (unpaired) electrons. The molecule has 0 unspecified atom stereocenters. The lowest BCUT2D eigenvalue weighted by atomic mass is 9.91. The lowest BCUT2D eigenvalue weighted by Gasteiger charge is -2.27. The molecule has 0 aliphatic rings. The van der Waals surface area contributed by atoms with Crippen molar-refractivity contribution in [3.8, 4) is 0 Å². The van der Waals surface area contributed by atoms with Crippen LogP contribution in [0.1, 0.15) is 50.0 Å². The van der Waals surface area contributed by atoms with E-state index in [4.69, 9.17) is 0 Å². The molecule has 0 aliphatic carbocycles. The summed E-state index contributed by atoms with van der Waals surface area (Å²) in [6.45, 7) is 7.42. The number of anilines is 1. The smallest absolute Gasteiger partial charge is 0.406 e. The fourth-order valence-electron chi connectivity index (χ4n) is 1.75.